The molecule has 0 fully saturated rings. The highest BCUT2D eigenvalue weighted by Gasteiger charge is 2.11. The summed E-state index contributed by atoms with van der Waals surface area (Å²) in [6, 6.07) is 7.87. The first-order chi connectivity index (χ1) is 8.18. The highest BCUT2D eigenvalue weighted by Crippen LogP contribution is 2.25. The molecule has 90 valence electrons. The van der Waals surface area contributed by atoms with E-state index in [0.717, 1.165) is 16.5 Å². The van der Waals surface area contributed by atoms with Crippen molar-refractivity contribution in [3.8, 4) is 0 Å². The Balaban J connectivity index is 2.08. The molecule has 0 saturated carbocycles. The van der Waals surface area contributed by atoms with Crippen molar-refractivity contribution in [2.75, 3.05) is 0 Å². The summed E-state index contributed by atoms with van der Waals surface area (Å²) in [7, 11) is 0. The minimum absolute atomic E-state index is 0.106. The Morgan fingerprint density at radius 1 is 1.41 bits per heavy atom. The number of carbonyl (C=O) groups is 1. The van der Waals surface area contributed by atoms with Gasteiger partial charge in [-0.2, -0.15) is 0 Å². The van der Waals surface area contributed by atoms with Crippen LogP contribution < -0.4 is 5.73 Å². The summed E-state index contributed by atoms with van der Waals surface area (Å²) in [4.78, 5) is 13.6. The molecule has 0 saturated heterocycles. The Labute approximate surface area is 99.4 Å². The first-order valence-corrected chi connectivity index (χ1v) is 5.72. The van der Waals surface area contributed by atoms with Gasteiger partial charge in [-0.05, 0) is 24.5 Å². The topological polar surface area (TPSA) is 79.1 Å². The maximum atomic E-state index is 10.4. The molecule has 0 aliphatic heterocycles. The van der Waals surface area contributed by atoms with Gasteiger partial charge in [-0.3, -0.25) is 4.79 Å². The smallest absolute Gasteiger partial charge is 0.303 e. The second-order valence-electron chi connectivity index (χ2n) is 4.18. The SMILES string of the molecule is NC(CCCC(=O)O)c1c[nH]c2ccccc12. The molecule has 1 atom stereocenters. The summed E-state index contributed by atoms with van der Waals surface area (Å²) in [5.74, 6) is -0.767. The lowest BCUT2D eigenvalue weighted by Gasteiger charge is -2.09. The number of rotatable bonds is 5. The standard InChI is InChI=1S/C13H16N2O2/c14-11(5-3-7-13(16)17)10-8-15-12-6-2-1-4-9(10)12/h1-2,4,6,8,11,15H,3,5,7,14H2,(H,16,17). The first kappa shape index (κ1) is 11.7. The number of para-hydroxylation sites is 1. The lowest BCUT2D eigenvalue weighted by Crippen LogP contribution is -2.10. The molecule has 0 spiro atoms. The number of nitrogens with one attached hydrogen (secondary N) is 1. The van der Waals surface area contributed by atoms with E-state index in [9.17, 15) is 4.79 Å². The van der Waals surface area contributed by atoms with E-state index in [-0.39, 0.29) is 12.5 Å². The van der Waals surface area contributed by atoms with Gasteiger partial charge in [0.25, 0.3) is 0 Å². The van der Waals surface area contributed by atoms with Gasteiger partial charge < -0.3 is 15.8 Å². The fourth-order valence-electron chi connectivity index (χ4n) is 2.03. The van der Waals surface area contributed by atoms with Crippen LogP contribution in [-0.2, 0) is 4.79 Å². The molecule has 4 heteroatoms. The Morgan fingerprint density at radius 3 is 2.94 bits per heavy atom. The number of hydrogen-bond acceptors (Lipinski definition) is 2. The first-order valence-electron chi connectivity index (χ1n) is 5.72. The highest BCUT2D eigenvalue weighted by molar-refractivity contribution is 5.83. The van der Waals surface area contributed by atoms with Crippen molar-refractivity contribution in [1.82, 2.24) is 4.98 Å². The number of nitrogens with two attached hydrogens (primary N) is 1. The predicted octanol–water partition coefficient (Wildman–Crippen LogP) is 2.42. The second-order valence-corrected chi connectivity index (χ2v) is 4.18. The third-order valence-electron chi connectivity index (χ3n) is 2.93. The van der Waals surface area contributed by atoms with Gasteiger partial charge >= 0.3 is 5.97 Å². The van der Waals surface area contributed by atoms with E-state index in [1.807, 2.05) is 30.5 Å². The van der Waals surface area contributed by atoms with Crippen LogP contribution in [0.2, 0.25) is 0 Å². The molecule has 1 heterocycles. The maximum Gasteiger partial charge on any atom is 0.303 e. The van der Waals surface area contributed by atoms with Gasteiger partial charge in [0.1, 0.15) is 0 Å². The molecule has 1 aromatic heterocycles. The van der Waals surface area contributed by atoms with Crippen molar-refractivity contribution in [3.63, 3.8) is 0 Å². The van der Waals surface area contributed by atoms with Gasteiger partial charge in [0.15, 0.2) is 0 Å². The Morgan fingerprint density at radius 2 is 2.18 bits per heavy atom. The molecule has 0 aliphatic carbocycles. The molecule has 1 aromatic carbocycles. The highest BCUT2D eigenvalue weighted by atomic mass is 16.4. The van der Waals surface area contributed by atoms with Crippen LogP contribution in [0.4, 0.5) is 0 Å². The summed E-state index contributed by atoms with van der Waals surface area (Å²) in [6.45, 7) is 0. The third-order valence-corrected chi connectivity index (χ3v) is 2.93. The number of H-pyrrole nitrogens is 1. The Bertz CT molecular complexity index is 519. The van der Waals surface area contributed by atoms with Crippen LogP contribution in [-0.4, -0.2) is 16.1 Å². The second kappa shape index (κ2) is 5.01. The fourth-order valence-corrected chi connectivity index (χ4v) is 2.03. The van der Waals surface area contributed by atoms with Crippen molar-refractivity contribution >= 4 is 16.9 Å². The quantitative estimate of drug-likeness (QED) is 0.740. The number of fused-ring (bicyclic) bond motifs is 1. The van der Waals surface area contributed by atoms with Crippen molar-refractivity contribution in [2.45, 2.75) is 25.3 Å². The number of aliphatic carboxylic acids is 1. The zero-order valence-corrected chi connectivity index (χ0v) is 9.52. The summed E-state index contributed by atoms with van der Waals surface area (Å²) >= 11 is 0. The molecule has 4 nitrogen and oxygen atoms in total. The van der Waals surface area contributed by atoms with Crippen molar-refractivity contribution in [2.24, 2.45) is 5.73 Å². The number of carboxylic acids is 1. The van der Waals surface area contributed by atoms with Gasteiger partial charge in [-0.1, -0.05) is 18.2 Å². The average Bonchev–Trinajstić information content (AvgIpc) is 2.72. The fraction of sp³-hybridized carbons (Fsp3) is 0.308. The lowest BCUT2D eigenvalue weighted by molar-refractivity contribution is -0.137. The zero-order chi connectivity index (χ0) is 12.3. The summed E-state index contributed by atoms with van der Waals surface area (Å²) < 4.78 is 0. The average molecular weight is 232 g/mol. The molecule has 0 aliphatic rings. The zero-order valence-electron chi connectivity index (χ0n) is 9.52. The maximum absolute atomic E-state index is 10.4. The molecule has 0 bridgehead atoms. The van der Waals surface area contributed by atoms with Crippen LogP contribution >= 0.6 is 0 Å². The van der Waals surface area contributed by atoms with E-state index in [2.05, 4.69) is 4.98 Å². The molecular weight excluding hydrogens is 216 g/mol. The number of benzene rings is 1. The van der Waals surface area contributed by atoms with Crippen LogP contribution in [0.25, 0.3) is 10.9 Å². The van der Waals surface area contributed by atoms with E-state index in [4.69, 9.17) is 10.8 Å². The van der Waals surface area contributed by atoms with Gasteiger partial charge in [0, 0.05) is 29.6 Å². The molecule has 2 aromatic rings. The van der Waals surface area contributed by atoms with E-state index in [1.165, 1.54) is 0 Å². The number of aromatic nitrogens is 1. The van der Waals surface area contributed by atoms with Gasteiger partial charge in [0.2, 0.25) is 0 Å². The van der Waals surface area contributed by atoms with Gasteiger partial charge in [0.05, 0.1) is 0 Å². The molecule has 1 unspecified atom stereocenters. The van der Waals surface area contributed by atoms with Crippen LogP contribution in [0, 0.1) is 0 Å². The molecule has 0 amide bonds. The third kappa shape index (κ3) is 2.65. The van der Waals surface area contributed by atoms with E-state index < -0.39 is 5.97 Å². The van der Waals surface area contributed by atoms with Crippen LogP contribution in [0.1, 0.15) is 30.9 Å². The Kier molecular flexibility index (Phi) is 3.44. The van der Waals surface area contributed by atoms with Crippen LogP contribution in [0.3, 0.4) is 0 Å². The van der Waals surface area contributed by atoms with Gasteiger partial charge in [-0.15, -0.1) is 0 Å². The van der Waals surface area contributed by atoms with Gasteiger partial charge in [-0.25, -0.2) is 0 Å². The monoisotopic (exact) mass is 232 g/mol. The molecule has 0 radical (unpaired) electrons. The molecule has 2 rings (SSSR count). The summed E-state index contributed by atoms with van der Waals surface area (Å²) in [5.41, 5.74) is 8.21. The van der Waals surface area contributed by atoms with E-state index in [1.54, 1.807) is 0 Å². The summed E-state index contributed by atoms with van der Waals surface area (Å²) in [6.07, 6.45) is 3.39. The van der Waals surface area contributed by atoms with Crippen LogP contribution in [0.5, 0.6) is 0 Å². The lowest BCUT2D eigenvalue weighted by atomic mass is 10.0. The number of hydrogen-bond donors (Lipinski definition) is 3. The van der Waals surface area contributed by atoms with Crippen LogP contribution in [0.15, 0.2) is 30.5 Å². The van der Waals surface area contributed by atoms with E-state index in [0.29, 0.717) is 12.8 Å². The molecule has 4 N–H and O–H groups in total. The summed E-state index contributed by atoms with van der Waals surface area (Å²) in [5, 5.41) is 9.70. The largest absolute Gasteiger partial charge is 0.481 e. The van der Waals surface area contributed by atoms with Crippen molar-refractivity contribution < 1.29 is 9.90 Å². The minimum Gasteiger partial charge on any atom is -0.481 e. The number of carboxylic acid groups (broad SMARTS) is 1. The minimum atomic E-state index is -0.767. The molecule has 17 heavy (non-hydrogen) atoms. The normalized spacial score (nSPS) is 12.8. The predicted molar refractivity (Wildman–Crippen MR) is 66.7 cm³/mol. The number of aromatic amines is 1. The van der Waals surface area contributed by atoms with E-state index >= 15 is 0 Å². The Hall–Kier alpha value is -1.81. The van der Waals surface area contributed by atoms with Crippen molar-refractivity contribution in [1.29, 1.82) is 0 Å². The van der Waals surface area contributed by atoms with Crippen molar-refractivity contribution in [3.05, 3.63) is 36.0 Å². The molecular formula is C13H16N2O2.